The van der Waals surface area contributed by atoms with E-state index in [1.54, 1.807) is 30.3 Å². The summed E-state index contributed by atoms with van der Waals surface area (Å²) in [6, 6.07) is 14.3. The number of sulfone groups is 1. The number of anilines is 1. The van der Waals surface area contributed by atoms with Crippen LogP contribution < -0.4 is 5.32 Å². The Labute approximate surface area is 163 Å². The highest BCUT2D eigenvalue weighted by atomic mass is 32.2. The third-order valence-corrected chi connectivity index (χ3v) is 6.99. The summed E-state index contributed by atoms with van der Waals surface area (Å²) in [4.78, 5) is 17.0. The van der Waals surface area contributed by atoms with E-state index in [1.807, 2.05) is 18.2 Å². The lowest BCUT2D eigenvalue weighted by Gasteiger charge is -2.05. The molecule has 0 aliphatic heterocycles. The number of para-hydroxylation sites is 1. The predicted octanol–water partition coefficient (Wildman–Crippen LogP) is 4.61. The normalized spacial score (nSPS) is 11.8. The van der Waals surface area contributed by atoms with Gasteiger partial charge in [0, 0.05) is 6.42 Å². The van der Waals surface area contributed by atoms with E-state index >= 15 is 0 Å². The van der Waals surface area contributed by atoms with Crippen molar-refractivity contribution in [1.82, 2.24) is 4.98 Å². The quantitative estimate of drug-likeness (QED) is 0.626. The van der Waals surface area contributed by atoms with Gasteiger partial charge in [0.25, 0.3) is 0 Å². The van der Waals surface area contributed by atoms with Crippen molar-refractivity contribution < 1.29 is 13.2 Å². The lowest BCUT2D eigenvalue weighted by molar-refractivity contribution is -0.116. The highest BCUT2D eigenvalue weighted by molar-refractivity contribution is 7.91. The number of nitrogens with one attached hydrogen (secondary N) is 1. The minimum absolute atomic E-state index is 0.0538. The largest absolute Gasteiger partial charge is 0.302 e. The van der Waals surface area contributed by atoms with Crippen molar-refractivity contribution in [2.75, 3.05) is 11.1 Å². The fourth-order valence-electron chi connectivity index (χ4n) is 2.84. The molecule has 142 valence electrons. The number of hydrogen-bond donors (Lipinski definition) is 1. The summed E-state index contributed by atoms with van der Waals surface area (Å²) in [5.41, 5.74) is 2.07. The van der Waals surface area contributed by atoms with Crippen molar-refractivity contribution in [3.05, 3.63) is 54.1 Å². The summed E-state index contributed by atoms with van der Waals surface area (Å²) < 4.78 is 25.5. The van der Waals surface area contributed by atoms with Gasteiger partial charge in [-0.05, 0) is 36.1 Å². The molecule has 3 rings (SSSR count). The van der Waals surface area contributed by atoms with E-state index in [2.05, 4.69) is 24.1 Å². The van der Waals surface area contributed by atoms with Gasteiger partial charge < -0.3 is 5.32 Å². The van der Waals surface area contributed by atoms with E-state index in [4.69, 9.17) is 0 Å². The first-order valence-electron chi connectivity index (χ1n) is 8.84. The molecule has 0 spiro atoms. The number of carbonyl (C=O) groups excluding carboxylic acids is 1. The number of rotatable bonds is 7. The molecule has 5 nitrogen and oxygen atoms in total. The van der Waals surface area contributed by atoms with Gasteiger partial charge in [0.2, 0.25) is 5.91 Å². The molecule has 0 saturated carbocycles. The molecule has 0 aliphatic carbocycles. The van der Waals surface area contributed by atoms with Crippen molar-refractivity contribution in [3.8, 4) is 0 Å². The molecule has 0 fully saturated rings. The predicted molar refractivity (Wildman–Crippen MR) is 110 cm³/mol. The molecular formula is C20H22N2O3S2. The molecule has 0 aliphatic rings. The fraction of sp³-hybridized carbons (Fsp3) is 0.300. The summed E-state index contributed by atoms with van der Waals surface area (Å²) in [5.74, 6) is 0.0767. The lowest BCUT2D eigenvalue weighted by atomic mass is 10.0. The lowest BCUT2D eigenvalue weighted by Crippen LogP contribution is -2.14. The number of nitrogens with zero attached hydrogens (tertiary/aromatic N) is 1. The molecule has 0 saturated heterocycles. The SMILES string of the molecule is CC(C)c1cccc2sc(NC(=O)CCCS(=O)(=O)c3ccccc3)nc12. The van der Waals surface area contributed by atoms with Gasteiger partial charge in [0.05, 0.1) is 20.9 Å². The minimum Gasteiger partial charge on any atom is -0.302 e. The second-order valence-electron chi connectivity index (χ2n) is 6.65. The van der Waals surface area contributed by atoms with Crippen LogP contribution in [0.4, 0.5) is 5.13 Å². The van der Waals surface area contributed by atoms with Crippen LogP contribution in [-0.2, 0) is 14.6 Å². The van der Waals surface area contributed by atoms with Crippen molar-refractivity contribution in [1.29, 1.82) is 0 Å². The van der Waals surface area contributed by atoms with Crippen LogP contribution in [-0.4, -0.2) is 25.1 Å². The molecule has 7 heteroatoms. The fourth-order valence-corrected chi connectivity index (χ4v) is 5.09. The van der Waals surface area contributed by atoms with Crippen LogP contribution in [0, 0.1) is 0 Å². The van der Waals surface area contributed by atoms with Gasteiger partial charge in [-0.2, -0.15) is 0 Å². The molecule has 1 N–H and O–H groups in total. The van der Waals surface area contributed by atoms with Crippen molar-refractivity contribution in [2.24, 2.45) is 0 Å². The van der Waals surface area contributed by atoms with Crippen LogP contribution in [0.2, 0.25) is 0 Å². The van der Waals surface area contributed by atoms with Crippen molar-refractivity contribution in [2.45, 2.75) is 37.5 Å². The smallest absolute Gasteiger partial charge is 0.226 e. The topological polar surface area (TPSA) is 76.1 Å². The van der Waals surface area contributed by atoms with Crippen LogP contribution in [0.1, 0.15) is 38.2 Å². The second-order valence-corrected chi connectivity index (χ2v) is 9.79. The van der Waals surface area contributed by atoms with Crippen LogP contribution >= 0.6 is 11.3 Å². The maximum absolute atomic E-state index is 12.2. The Balaban J connectivity index is 1.60. The Morgan fingerprint density at radius 2 is 1.85 bits per heavy atom. The molecule has 0 bridgehead atoms. The number of aromatic nitrogens is 1. The molecule has 0 atom stereocenters. The highest BCUT2D eigenvalue weighted by Gasteiger charge is 2.16. The number of hydrogen-bond acceptors (Lipinski definition) is 5. The zero-order valence-electron chi connectivity index (χ0n) is 15.3. The van der Waals surface area contributed by atoms with Gasteiger partial charge in [-0.1, -0.05) is 55.5 Å². The molecule has 27 heavy (non-hydrogen) atoms. The summed E-state index contributed by atoms with van der Waals surface area (Å²) in [7, 11) is -3.36. The highest BCUT2D eigenvalue weighted by Crippen LogP contribution is 2.31. The Hall–Kier alpha value is -2.25. The maximum Gasteiger partial charge on any atom is 0.226 e. The zero-order valence-corrected chi connectivity index (χ0v) is 16.9. The average molecular weight is 403 g/mol. The van der Waals surface area contributed by atoms with E-state index in [-0.39, 0.29) is 29.4 Å². The summed E-state index contributed by atoms with van der Waals surface area (Å²) in [5, 5.41) is 3.35. The van der Waals surface area contributed by atoms with Gasteiger partial charge in [-0.3, -0.25) is 4.79 Å². The average Bonchev–Trinajstić information content (AvgIpc) is 3.04. The van der Waals surface area contributed by atoms with Gasteiger partial charge in [0.15, 0.2) is 15.0 Å². The number of fused-ring (bicyclic) bond motifs is 1. The van der Waals surface area contributed by atoms with Gasteiger partial charge >= 0.3 is 0 Å². The van der Waals surface area contributed by atoms with E-state index in [0.29, 0.717) is 11.0 Å². The van der Waals surface area contributed by atoms with Crippen LogP contribution in [0.5, 0.6) is 0 Å². The van der Waals surface area contributed by atoms with Gasteiger partial charge in [-0.15, -0.1) is 0 Å². The van der Waals surface area contributed by atoms with Crippen molar-refractivity contribution in [3.63, 3.8) is 0 Å². The summed E-state index contributed by atoms with van der Waals surface area (Å²) >= 11 is 1.43. The number of carbonyl (C=O) groups is 1. The van der Waals surface area contributed by atoms with Crippen LogP contribution in [0.15, 0.2) is 53.4 Å². The molecule has 2 aromatic carbocycles. The third-order valence-electron chi connectivity index (χ3n) is 4.24. The summed E-state index contributed by atoms with van der Waals surface area (Å²) in [6.45, 7) is 4.22. The van der Waals surface area contributed by atoms with Gasteiger partial charge in [-0.25, -0.2) is 13.4 Å². The standard InChI is InChI=1S/C20H22N2O3S2/c1-14(2)16-10-6-11-17-19(16)22-20(26-17)21-18(23)12-7-13-27(24,25)15-8-4-3-5-9-15/h3-6,8-11,14H,7,12-13H2,1-2H3,(H,21,22,23). The molecule has 1 amide bonds. The van der Waals surface area contributed by atoms with E-state index in [9.17, 15) is 13.2 Å². The monoisotopic (exact) mass is 402 g/mol. The Morgan fingerprint density at radius 1 is 1.11 bits per heavy atom. The van der Waals surface area contributed by atoms with E-state index in [1.165, 1.54) is 11.3 Å². The molecule has 3 aromatic rings. The number of amides is 1. The van der Waals surface area contributed by atoms with E-state index < -0.39 is 9.84 Å². The van der Waals surface area contributed by atoms with Crippen molar-refractivity contribution >= 4 is 42.4 Å². The molecule has 1 aromatic heterocycles. The Morgan fingerprint density at radius 3 is 2.56 bits per heavy atom. The first-order valence-corrected chi connectivity index (χ1v) is 11.3. The van der Waals surface area contributed by atoms with E-state index in [0.717, 1.165) is 15.8 Å². The first kappa shape index (κ1) is 19.5. The first-order chi connectivity index (χ1) is 12.9. The van der Waals surface area contributed by atoms with Crippen LogP contribution in [0.25, 0.3) is 10.2 Å². The Bertz CT molecular complexity index is 1040. The minimum atomic E-state index is -3.36. The molecule has 1 heterocycles. The molecular weight excluding hydrogens is 380 g/mol. The third kappa shape index (κ3) is 4.73. The number of thiazole rings is 1. The molecule has 0 unspecified atom stereocenters. The zero-order chi connectivity index (χ0) is 19.4. The maximum atomic E-state index is 12.2. The van der Waals surface area contributed by atoms with Gasteiger partial charge in [0.1, 0.15) is 0 Å². The Kier molecular flexibility index (Phi) is 5.92. The second kappa shape index (κ2) is 8.19. The molecule has 0 radical (unpaired) electrons. The van der Waals surface area contributed by atoms with Crippen LogP contribution in [0.3, 0.4) is 0 Å². The number of benzene rings is 2. The summed E-state index contributed by atoms with van der Waals surface area (Å²) in [6.07, 6.45) is 0.407.